The molecule has 0 saturated heterocycles. The number of ketones is 1. The van der Waals surface area contributed by atoms with Gasteiger partial charge in [-0.25, -0.2) is 0 Å². The van der Waals surface area contributed by atoms with Crippen LogP contribution in [0.5, 0.6) is 0 Å². The summed E-state index contributed by atoms with van der Waals surface area (Å²) in [5.41, 5.74) is 7.57. The van der Waals surface area contributed by atoms with E-state index in [1.165, 1.54) is 110 Å². The van der Waals surface area contributed by atoms with E-state index >= 15 is 0 Å². The summed E-state index contributed by atoms with van der Waals surface area (Å²) in [6.45, 7) is 4.61. The molecule has 2 rings (SSSR count). The Morgan fingerprint density at radius 1 is 0.627 bits per heavy atom. The molecule has 2 aromatic carbocycles. The zero-order valence-corrected chi connectivity index (χ0v) is 36.9. The van der Waals surface area contributed by atoms with Crippen LogP contribution >= 0.6 is 0 Å². The lowest BCUT2D eigenvalue weighted by Crippen LogP contribution is -2.37. The zero-order valence-electron chi connectivity index (χ0n) is 36.9. The SMILES string of the molecule is CCCCCCCCCCCCCCCC(O)CCOC(CO)OC(CO)C(C)O.NC(=O)CCCCCCCCCCOCc1cccc(C(=O)c2ccccc2)c1. The molecule has 6 N–H and O–H groups in total. The van der Waals surface area contributed by atoms with Crippen LogP contribution in [0.3, 0.4) is 0 Å². The highest BCUT2D eigenvalue weighted by Gasteiger charge is 2.20. The number of nitrogens with two attached hydrogens (primary N) is 1. The fourth-order valence-corrected chi connectivity index (χ4v) is 6.83. The zero-order chi connectivity index (χ0) is 43.2. The summed E-state index contributed by atoms with van der Waals surface area (Å²) < 4.78 is 16.5. The van der Waals surface area contributed by atoms with E-state index in [1.54, 1.807) is 0 Å². The number of ether oxygens (including phenoxy) is 3. The van der Waals surface area contributed by atoms with Crippen molar-refractivity contribution in [2.75, 3.05) is 26.4 Å². The molecule has 0 heterocycles. The van der Waals surface area contributed by atoms with Gasteiger partial charge in [-0.15, -0.1) is 0 Å². The van der Waals surface area contributed by atoms with Crippen LogP contribution in [0.4, 0.5) is 0 Å². The Morgan fingerprint density at radius 3 is 1.71 bits per heavy atom. The maximum absolute atomic E-state index is 12.5. The van der Waals surface area contributed by atoms with Crippen molar-refractivity contribution in [3.8, 4) is 0 Å². The van der Waals surface area contributed by atoms with Gasteiger partial charge in [-0.3, -0.25) is 9.59 Å². The second-order valence-corrected chi connectivity index (χ2v) is 16.0. The number of benzene rings is 2. The molecule has 0 saturated carbocycles. The molecule has 1 amide bonds. The predicted octanol–water partition coefficient (Wildman–Crippen LogP) is 9.74. The lowest BCUT2D eigenvalue weighted by Gasteiger charge is -2.24. The molecular formula is C49H83NO9. The normalized spacial score (nSPS) is 13.3. The van der Waals surface area contributed by atoms with Gasteiger partial charge in [0.2, 0.25) is 5.91 Å². The first-order chi connectivity index (χ1) is 28.7. The quantitative estimate of drug-likeness (QED) is 0.0251. The highest BCUT2D eigenvalue weighted by Crippen LogP contribution is 2.16. The van der Waals surface area contributed by atoms with Gasteiger partial charge in [0.1, 0.15) is 6.10 Å². The molecule has 0 bridgehead atoms. The number of hydrogen-bond acceptors (Lipinski definition) is 9. The van der Waals surface area contributed by atoms with Crippen molar-refractivity contribution in [1.29, 1.82) is 0 Å². The van der Waals surface area contributed by atoms with E-state index in [1.807, 2.05) is 54.6 Å². The maximum Gasteiger partial charge on any atom is 0.217 e. The maximum atomic E-state index is 12.5. The van der Waals surface area contributed by atoms with Gasteiger partial charge in [-0.2, -0.15) is 0 Å². The summed E-state index contributed by atoms with van der Waals surface area (Å²) in [5.74, 6) is -0.151. The number of carbonyl (C=O) groups is 2. The fraction of sp³-hybridized carbons (Fsp3) is 0.714. The molecule has 4 atom stereocenters. The number of rotatable bonds is 38. The number of primary amides is 1. The fourth-order valence-electron chi connectivity index (χ4n) is 6.83. The van der Waals surface area contributed by atoms with Crippen molar-refractivity contribution in [2.24, 2.45) is 5.73 Å². The highest BCUT2D eigenvalue weighted by molar-refractivity contribution is 6.09. The molecule has 338 valence electrons. The number of aliphatic hydroxyl groups excluding tert-OH is 4. The van der Waals surface area contributed by atoms with Crippen molar-refractivity contribution >= 4 is 11.7 Å². The third kappa shape index (κ3) is 30.9. The molecule has 0 aliphatic heterocycles. The molecule has 0 aliphatic carbocycles. The number of amides is 1. The Labute approximate surface area is 357 Å². The average Bonchev–Trinajstić information content (AvgIpc) is 3.24. The lowest BCUT2D eigenvalue weighted by atomic mass is 10.0. The van der Waals surface area contributed by atoms with Gasteiger partial charge >= 0.3 is 0 Å². The van der Waals surface area contributed by atoms with Crippen LogP contribution in [0, 0.1) is 0 Å². The van der Waals surface area contributed by atoms with E-state index in [0.717, 1.165) is 50.7 Å². The van der Waals surface area contributed by atoms with E-state index < -0.39 is 24.6 Å². The van der Waals surface area contributed by atoms with Crippen LogP contribution in [0.25, 0.3) is 0 Å². The summed E-state index contributed by atoms with van der Waals surface area (Å²) >= 11 is 0. The predicted molar refractivity (Wildman–Crippen MR) is 238 cm³/mol. The van der Waals surface area contributed by atoms with Gasteiger partial charge in [0, 0.05) is 24.2 Å². The third-order valence-corrected chi connectivity index (χ3v) is 10.5. The Hall–Kier alpha value is -2.70. The van der Waals surface area contributed by atoms with E-state index in [4.69, 9.17) is 25.1 Å². The number of unbranched alkanes of at least 4 members (excludes halogenated alkanes) is 19. The minimum absolute atomic E-state index is 0.0436. The topological polar surface area (TPSA) is 169 Å². The second-order valence-electron chi connectivity index (χ2n) is 16.0. The molecule has 0 aromatic heterocycles. The number of carbonyl (C=O) groups excluding carboxylic acids is 2. The smallest absolute Gasteiger partial charge is 0.217 e. The van der Waals surface area contributed by atoms with Gasteiger partial charge in [-0.1, -0.05) is 177 Å². The molecule has 10 nitrogen and oxygen atoms in total. The van der Waals surface area contributed by atoms with Crippen LogP contribution in [-0.4, -0.2) is 83.1 Å². The Balaban J connectivity index is 0.000000590. The van der Waals surface area contributed by atoms with Crippen LogP contribution < -0.4 is 5.73 Å². The van der Waals surface area contributed by atoms with Crippen LogP contribution in [0.2, 0.25) is 0 Å². The van der Waals surface area contributed by atoms with Crippen molar-refractivity contribution < 1.29 is 44.2 Å². The molecule has 4 unspecified atom stereocenters. The molecule has 0 fully saturated rings. The third-order valence-electron chi connectivity index (χ3n) is 10.5. The van der Waals surface area contributed by atoms with Crippen molar-refractivity contribution in [3.63, 3.8) is 0 Å². The lowest BCUT2D eigenvalue weighted by molar-refractivity contribution is -0.213. The van der Waals surface area contributed by atoms with Crippen molar-refractivity contribution in [3.05, 3.63) is 71.3 Å². The molecule has 2 aromatic rings. The summed E-state index contributed by atoms with van der Waals surface area (Å²) in [4.78, 5) is 23.2. The highest BCUT2D eigenvalue weighted by atomic mass is 16.7. The largest absolute Gasteiger partial charge is 0.394 e. The molecule has 59 heavy (non-hydrogen) atoms. The molecule has 10 heteroatoms. The monoisotopic (exact) mass is 830 g/mol. The Bertz CT molecular complexity index is 1260. The van der Waals surface area contributed by atoms with Crippen molar-refractivity contribution in [1.82, 2.24) is 0 Å². The molecule has 0 radical (unpaired) electrons. The van der Waals surface area contributed by atoms with Crippen molar-refractivity contribution in [2.45, 2.75) is 199 Å². The summed E-state index contributed by atoms with van der Waals surface area (Å²) in [5, 5.41) is 37.9. The standard InChI is InChI=1S/C25H33NO3.C24H50O6/c26-24(27)17-10-5-3-1-2-4-6-11-18-29-20-21-13-12-16-23(19-21)25(28)22-14-8-7-9-15-22;1-3-4-5-6-7-8-9-10-11-12-13-14-15-16-22(28)17-18-29-24(20-26)30-23(19-25)21(2)27/h7-9,12-16,19H,1-6,10-11,17-18,20H2,(H2,26,27);21-28H,3-20H2,1-2H3. The first-order valence-electron chi connectivity index (χ1n) is 23.1. The average molecular weight is 830 g/mol. The summed E-state index contributed by atoms with van der Waals surface area (Å²) in [7, 11) is 0. The number of aliphatic hydroxyl groups is 4. The first kappa shape index (κ1) is 54.3. The minimum Gasteiger partial charge on any atom is -0.394 e. The van der Waals surface area contributed by atoms with E-state index in [0.29, 0.717) is 30.6 Å². The first-order valence-corrected chi connectivity index (χ1v) is 23.1. The van der Waals surface area contributed by atoms with Gasteiger partial charge in [0.05, 0.1) is 38.6 Å². The van der Waals surface area contributed by atoms with E-state index in [-0.39, 0.29) is 31.5 Å². The Kier molecular flexibility index (Phi) is 35.2. The minimum atomic E-state index is -0.903. The van der Waals surface area contributed by atoms with Crippen LogP contribution in [-0.2, 0) is 25.6 Å². The molecule has 0 spiro atoms. The van der Waals surface area contributed by atoms with E-state index in [2.05, 4.69) is 6.92 Å². The summed E-state index contributed by atoms with van der Waals surface area (Å²) in [6, 6.07) is 17.0. The van der Waals surface area contributed by atoms with Crippen LogP contribution in [0.15, 0.2) is 54.6 Å². The van der Waals surface area contributed by atoms with Gasteiger partial charge < -0.3 is 40.4 Å². The number of hydrogen-bond donors (Lipinski definition) is 5. The molecular weight excluding hydrogens is 747 g/mol. The van der Waals surface area contributed by atoms with Gasteiger partial charge in [0.25, 0.3) is 0 Å². The second kappa shape index (κ2) is 38.2. The van der Waals surface area contributed by atoms with Gasteiger partial charge in [0.15, 0.2) is 12.1 Å². The molecule has 0 aliphatic rings. The Morgan fingerprint density at radius 2 is 1.17 bits per heavy atom. The van der Waals surface area contributed by atoms with Gasteiger partial charge in [-0.05, 0) is 44.2 Å². The van der Waals surface area contributed by atoms with Crippen LogP contribution in [0.1, 0.15) is 189 Å². The van der Waals surface area contributed by atoms with E-state index in [9.17, 15) is 24.9 Å². The summed E-state index contributed by atoms with van der Waals surface area (Å²) in [6.07, 6.45) is 25.0.